The van der Waals surface area contributed by atoms with E-state index in [2.05, 4.69) is 15.6 Å². The lowest BCUT2D eigenvalue weighted by Crippen LogP contribution is -2.28. The maximum absolute atomic E-state index is 11.7. The van der Waals surface area contributed by atoms with Gasteiger partial charge in [0.25, 0.3) is 0 Å². The lowest BCUT2D eigenvalue weighted by molar-refractivity contribution is -0.136. The molecule has 0 fully saturated rings. The number of benzene rings is 1. The second-order valence-corrected chi connectivity index (χ2v) is 4.43. The zero-order chi connectivity index (χ0) is 15.1. The Labute approximate surface area is 121 Å². The molecule has 0 aliphatic heterocycles. The third kappa shape index (κ3) is 4.94. The van der Waals surface area contributed by atoms with Crippen molar-refractivity contribution in [2.24, 2.45) is 0 Å². The van der Waals surface area contributed by atoms with Crippen molar-refractivity contribution in [3.63, 3.8) is 0 Å². The molecule has 2 amide bonds. The van der Waals surface area contributed by atoms with Crippen molar-refractivity contribution in [3.05, 3.63) is 59.9 Å². The number of carboxylic acids is 1. The van der Waals surface area contributed by atoms with Gasteiger partial charge in [-0.05, 0) is 35.4 Å². The van der Waals surface area contributed by atoms with Gasteiger partial charge in [0.05, 0.1) is 6.42 Å². The van der Waals surface area contributed by atoms with Crippen LogP contribution in [0.15, 0.2) is 48.8 Å². The van der Waals surface area contributed by atoms with Crippen LogP contribution in [0.1, 0.15) is 11.1 Å². The van der Waals surface area contributed by atoms with Crippen molar-refractivity contribution in [1.29, 1.82) is 0 Å². The van der Waals surface area contributed by atoms with Crippen LogP contribution < -0.4 is 10.6 Å². The number of anilines is 1. The molecule has 0 aliphatic rings. The predicted octanol–water partition coefficient (Wildman–Crippen LogP) is 2.03. The van der Waals surface area contributed by atoms with Crippen LogP contribution in [0.2, 0.25) is 0 Å². The van der Waals surface area contributed by atoms with Gasteiger partial charge in [-0.3, -0.25) is 9.78 Å². The fraction of sp³-hybridized carbons (Fsp3) is 0.133. The Hall–Kier alpha value is -2.89. The summed E-state index contributed by atoms with van der Waals surface area (Å²) < 4.78 is 0. The van der Waals surface area contributed by atoms with E-state index >= 15 is 0 Å². The van der Waals surface area contributed by atoms with Crippen molar-refractivity contribution >= 4 is 17.7 Å². The van der Waals surface area contributed by atoms with Gasteiger partial charge in [-0.25, -0.2) is 4.79 Å². The number of pyridine rings is 1. The van der Waals surface area contributed by atoms with E-state index in [1.54, 1.807) is 36.7 Å². The predicted molar refractivity (Wildman–Crippen MR) is 77.9 cm³/mol. The minimum atomic E-state index is -0.884. The number of aromatic nitrogens is 1. The van der Waals surface area contributed by atoms with Crippen molar-refractivity contribution in [2.45, 2.75) is 13.0 Å². The Balaban J connectivity index is 1.83. The summed E-state index contributed by atoms with van der Waals surface area (Å²) in [5.41, 5.74) is 2.25. The first-order chi connectivity index (χ1) is 10.1. The first-order valence-corrected chi connectivity index (χ1v) is 6.38. The Morgan fingerprint density at radius 2 is 1.67 bits per heavy atom. The van der Waals surface area contributed by atoms with Crippen molar-refractivity contribution in [3.8, 4) is 0 Å². The minimum Gasteiger partial charge on any atom is -0.481 e. The molecule has 6 nitrogen and oxygen atoms in total. The highest BCUT2D eigenvalue weighted by Gasteiger charge is 2.03. The van der Waals surface area contributed by atoms with E-state index in [-0.39, 0.29) is 12.5 Å². The van der Waals surface area contributed by atoms with Crippen LogP contribution in [0.5, 0.6) is 0 Å². The first kappa shape index (κ1) is 14.5. The van der Waals surface area contributed by atoms with E-state index in [1.165, 1.54) is 0 Å². The maximum Gasteiger partial charge on any atom is 0.319 e. The monoisotopic (exact) mass is 285 g/mol. The fourth-order valence-electron chi connectivity index (χ4n) is 1.74. The molecule has 1 heterocycles. The molecule has 6 heteroatoms. The number of hydrogen-bond donors (Lipinski definition) is 3. The van der Waals surface area contributed by atoms with E-state index < -0.39 is 5.97 Å². The van der Waals surface area contributed by atoms with Gasteiger partial charge >= 0.3 is 12.0 Å². The summed E-state index contributed by atoms with van der Waals surface area (Å²) in [6.07, 6.45) is 3.29. The van der Waals surface area contributed by atoms with Gasteiger partial charge in [0.15, 0.2) is 0 Å². The molecule has 0 aliphatic carbocycles. The molecule has 0 atom stereocenters. The van der Waals surface area contributed by atoms with Crippen LogP contribution in [0, 0.1) is 0 Å². The second-order valence-electron chi connectivity index (χ2n) is 4.43. The zero-order valence-electron chi connectivity index (χ0n) is 11.2. The summed E-state index contributed by atoms with van der Waals surface area (Å²) in [4.78, 5) is 26.2. The second kappa shape index (κ2) is 7.04. The van der Waals surface area contributed by atoms with Crippen molar-refractivity contribution < 1.29 is 14.7 Å². The standard InChI is InChI=1S/C15H15N3O3/c19-14(20)9-11-1-3-13(4-2-11)18-15(21)17-10-12-5-7-16-8-6-12/h1-8H,9-10H2,(H,19,20)(H2,17,18,21). The van der Waals surface area contributed by atoms with Crippen molar-refractivity contribution in [1.82, 2.24) is 10.3 Å². The average Bonchev–Trinajstić information content (AvgIpc) is 2.48. The topological polar surface area (TPSA) is 91.3 Å². The molecule has 0 unspecified atom stereocenters. The summed E-state index contributed by atoms with van der Waals surface area (Å²) in [5.74, 6) is -0.884. The van der Waals surface area contributed by atoms with Crippen LogP contribution >= 0.6 is 0 Å². The number of carbonyl (C=O) groups is 2. The average molecular weight is 285 g/mol. The molecule has 0 saturated heterocycles. The summed E-state index contributed by atoms with van der Waals surface area (Å²) >= 11 is 0. The highest BCUT2D eigenvalue weighted by molar-refractivity contribution is 5.89. The zero-order valence-corrected chi connectivity index (χ0v) is 11.2. The molecule has 0 bridgehead atoms. The minimum absolute atomic E-state index is 0.0332. The summed E-state index contributed by atoms with van der Waals surface area (Å²) in [6.45, 7) is 0.408. The van der Waals surface area contributed by atoms with E-state index in [0.29, 0.717) is 17.8 Å². The van der Waals surface area contributed by atoms with E-state index in [9.17, 15) is 9.59 Å². The molecule has 2 aromatic rings. The van der Waals surface area contributed by atoms with E-state index in [0.717, 1.165) is 5.56 Å². The van der Waals surface area contributed by atoms with Crippen LogP contribution in [0.25, 0.3) is 0 Å². The Morgan fingerprint density at radius 1 is 1.00 bits per heavy atom. The van der Waals surface area contributed by atoms with Gasteiger partial charge in [0.1, 0.15) is 0 Å². The molecule has 0 radical (unpaired) electrons. The first-order valence-electron chi connectivity index (χ1n) is 6.38. The SMILES string of the molecule is O=C(O)Cc1ccc(NC(=O)NCc2ccncc2)cc1. The number of hydrogen-bond acceptors (Lipinski definition) is 3. The van der Waals surface area contributed by atoms with Gasteiger partial charge < -0.3 is 15.7 Å². The number of nitrogens with one attached hydrogen (secondary N) is 2. The highest BCUT2D eigenvalue weighted by atomic mass is 16.4. The molecule has 0 spiro atoms. The molecule has 1 aromatic carbocycles. The smallest absolute Gasteiger partial charge is 0.319 e. The number of carboxylic acid groups (broad SMARTS) is 1. The Bertz CT molecular complexity index is 612. The highest BCUT2D eigenvalue weighted by Crippen LogP contribution is 2.10. The van der Waals surface area contributed by atoms with Gasteiger partial charge in [-0.15, -0.1) is 0 Å². The van der Waals surface area contributed by atoms with Gasteiger partial charge in [0.2, 0.25) is 0 Å². The number of aliphatic carboxylic acids is 1. The molecule has 3 N–H and O–H groups in total. The maximum atomic E-state index is 11.7. The Kier molecular flexibility index (Phi) is 4.87. The van der Waals surface area contributed by atoms with Crippen LogP contribution in [-0.4, -0.2) is 22.1 Å². The summed E-state index contributed by atoms with van der Waals surface area (Å²) in [6, 6.07) is 10.0. The van der Waals surface area contributed by atoms with Crippen LogP contribution in [0.4, 0.5) is 10.5 Å². The third-order valence-corrected chi connectivity index (χ3v) is 2.77. The largest absolute Gasteiger partial charge is 0.481 e. The molecule has 0 saturated carbocycles. The molecule has 1 aromatic heterocycles. The Morgan fingerprint density at radius 3 is 2.29 bits per heavy atom. The molecule has 21 heavy (non-hydrogen) atoms. The number of rotatable bonds is 5. The lowest BCUT2D eigenvalue weighted by Gasteiger charge is -2.08. The van der Waals surface area contributed by atoms with E-state index in [1.807, 2.05) is 12.1 Å². The summed E-state index contributed by atoms with van der Waals surface area (Å²) in [5, 5.41) is 14.1. The molecular formula is C15H15N3O3. The molecule has 2 rings (SSSR count). The third-order valence-electron chi connectivity index (χ3n) is 2.77. The quantitative estimate of drug-likeness (QED) is 0.784. The normalized spacial score (nSPS) is 9.90. The number of carbonyl (C=O) groups excluding carboxylic acids is 1. The van der Waals surface area contributed by atoms with Gasteiger partial charge in [-0.1, -0.05) is 12.1 Å². The van der Waals surface area contributed by atoms with Gasteiger partial charge in [-0.2, -0.15) is 0 Å². The number of nitrogens with zero attached hydrogens (tertiary/aromatic N) is 1. The number of amides is 2. The molecule has 108 valence electrons. The summed E-state index contributed by atoms with van der Waals surface area (Å²) in [7, 11) is 0. The van der Waals surface area contributed by atoms with E-state index in [4.69, 9.17) is 5.11 Å². The molecular weight excluding hydrogens is 270 g/mol. The van der Waals surface area contributed by atoms with Crippen molar-refractivity contribution in [2.75, 3.05) is 5.32 Å². The van der Waals surface area contributed by atoms with Crippen LogP contribution in [-0.2, 0) is 17.8 Å². The van der Waals surface area contributed by atoms with Crippen LogP contribution in [0.3, 0.4) is 0 Å². The van der Waals surface area contributed by atoms with Gasteiger partial charge in [0, 0.05) is 24.6 Å². The lowest BCUT2D eigenvalue weighted by atomic mass is 10.1. The number of urea groups is 1. The fourth-order valence-corrected chi connectivity index (χ4v) is 1.74.